The highest BCUT2D eigenvalue weighted by Crippen LogP contribution is 2.32. The van der Waals surface area contributed by atoms with Gasteiger partial charge in [0.1, 0.15) is 5.82 Å². The molecule has 0 saturated carbocycles. The number of nitrogens with zero attached hydrogens (tertiary/aromatic N) is 4. The van der Waals surface area contributed by atoms with Gasteiger partial charge in [-0.25, -0.2) is 14.1 Å². The number of morpholine rings is 1. The molecule has 0 atom stereocenters. The first-order chi connectivity index (χ1) is 20.3. The molecule has 0 spiro atoms. The number of pyridine rings is 1. The quantitative estimate of drug-likeness (QED) is 0.324. The molecule has 1 saturated heterocycles. The number of carbonyl (C=O) groups excluding carboxylic acids is 2. The Morgan fingerprint density at radius 1 is 1.07 bits per heavy atom. The lowest BCUT2D eigenvalue weighted by molar-refractivity contribution is -0.134. The van der Waals surface area contributed by atoms with E-state index in [4.69, 9.17) is 15.2 Å². The van der Waals surface area contributed by atoms with Crippen LogP contribution in [0.1, 0.15) is 38.2 Å². The summed E-state index contributed by atoms with van der Waals surface area (Å²) in [5.74, 6) is -0.127. The van der Waals surface area contributed by atoms with Gasteiger partial charge in [-0.2, -0.15) is 5.10 Å². The van der Waals surface area contributed by atoms with Gasteiger partial charge < -0.3 is 20.1 Å². The molecule has 3 heterocycles. The molecule has 2 N–H and O–H groups in total. The van der Waals surface area contributed by atoms with Crippen LogP contribution in [0.15, 0.2) is 60.4 Å². The van der Waals surface area contributed by atoms with Gasteiger partial charge in [-0.1, -0.05) is 24.3 Å². The van der Waals surface area contributed by atoms with Crippen LogP contribution in [0.4, 0.5) is 10.2 Å². The number of anilines is 1. The van der Waals surface area contributed by atoms with E-state index in [1.165, 1.54) is 29.2 Å². The van der Waals surface area contributed by atoms with Crippen molar-refractivity contribution in [3.8, 4) is 17.3 Å². The smallest absolute Gasteiger partial charge is 0.227 e. The third-order valence-electron chi connectivity index (χ3n) is 7.69. The zero-order valence-electron chi connectivity index (χ0n) is 23.4. The molecule has 10 heteroatoms. The van der Waals surface area contributed by atoms with E-state index in [0.717, 1.165) is 27.8 Å². The van der Waals surface area contributed by atoms with Crippen LogP contribution in [-0.4, -0.2) is 57.7 Å². The van der Waals surface area contributed by atoms with Crippen LogP contribution in [0.5, 0.6) is 11.6 Å². The second kappa shape index (κ2) is 11.2. The molecule has 9 nitrogen and oxygen atoms in total. The SMILES string of the molecule is Cc1cc2c(cc1CC(=O)N1CCOCC1)CC(C(=O)c1cnn(-c3cnc(Oc4ccccc4F)cc3C)c1N)=C2. The predicted molar refractivity (Wildman–Crippen MR) is 155 cm³/mol. The molecule has 4 aromatic rings. The number of fused-ring (bicyclic) bond motifs is 1. The molecule has 42 heavy (non-hydrogen) atoms. The number of amides is 1. The van der Waals surface area contributed by atoms with Crippen molar-refractivity contribution in [2.24, 2.45) is 0 Å². The summed E-state index contributed by atoms with van der Waals surface area (Å²) < 4.78 is 26.4. The Balaban J connectivity index is 1.18. The predicted octanol–water partition coefficient (Wildman–Crippen LogP) is 4.62. The van der Waals surface area contributed by atoms with E-state index >= 15 is 0 Å². The molecule has 2 aliphatic rings. The largest absolute Gasteiger partial charge is 0.436 e. The summed E-state index contributed by atoms with van der Waals surface area (Å²) in [6.07, 6.45) is 5.63. The van der Waals surface area contributed by atoms with Crippen LogP contribution in [0.3, 0.4) is 0 Å². The second-order valence-corrected chi connectivity index (χ2v) is 10.5. The van der Waals surface area contributed by atoms with E-state index in [-0.39, 0.29) is 29.1 Å². The Kier molecular flexibility index (Phi) is 7.30. The topological polar surface area (TPSA) is 113 Å². The maximum absolute atomic E-state index is 14.0. The zero-order valence-corrected chi connectivity index (χ0v) is 23.4. The Morgan fingerprint density at radius 3 is 2.62 bits per heavy atom. The van der Waals surface area contributed by atoms with Crippen LogP contribution in [-0.2, 0) is 22.4 Å². The number of aryl methyl sites for hydroxylation is 2. The van der Waals surface area contributed by atoms with E-state index in [9.17, 15) is 14.0 Å². The molecule has 0 radical (unpaired) electrons. The van der Waals surface area contributed by atoms with Crippen molar-refractivity contribution in [1.82, 2.24) is 19.7 Å². The minimum Gasteiger partial charge on any atom is -0.436 e. The number of para-hydroxylation sites is 1. The summed E-state index contributed by atoms with van der Waals surface area (Å²) >= 11 is 0. The molecule has 1 fully saturated rings. The van der Waals surface area contributed by atoms with Gasteiger partial charge in [-0.15, -0.1) is 0 Å². The molecular weight excluding hydrogens is 537 g/mol. The summed E-state index contributed by atoms with van der Waals surface area (Å²) in [6.45, 7) is 6.16. The number of ketones is 1. The van der Waals surface area contributed by atoms with Crippen LogP contribution in [0.25, 0.3) is 11.8 Å². The molecule has 1 aliphatic carbocycles. The fraction of sp³-hybridized carbons (Fsp3) is 0.250. The maximum Gasteiger partial charge on any atom is 0.227 e. The first-order valence-electron chi connectivity index (χ1n) is 13.7. The molecule has 0 bridgehead atoms. The molecule has 2 aromatic carbocycles. The van der Waals surface area contributed by atoms with E-state index in [1.807, 2.05) is 37.0 Å². The lowest BCUT2D eigenvalue weighted by Gasteiger charge is -2.27. The average molecular weight is 568 g/mol. The molecular formula is C32H30FN5O4. The minimum atomic E-state index is -0.489. The zero-order chi connectivity index (χ0) is 29.4. The number of benzene rings is 2. The van der Waals surface area contributed by atoms with Crippen molar-refractivity contribution in [1.29, 1.82) is 0 Å². The summed E-state index contributed by atoms with van der Waals surface area (Å²) in [4.78, 5) is 32.5. The first-order valence-corrected chi connectivity index (χ1v) is 13.7. The second-order valence-electron chi connectivity index (χ2n) is 10.5. The van der Waals surface area contributed by atoms with Crippen LogP contribution >= 0.6 is 0 Å². The number of hydrogen-bond acceptors (Lipinski definition) is 7. The number of nitrogens with two attached hydrogens (primary N) is 1. The van der Waals surface area contributed by atoms with Gasteiger partial charge in [0.2, 0.25) is 11.8 Å². The van der Waals surface area contributed by atoms with E-state index < -0.39 is 5.82 Å². The molecule has 6 rings (SSSR count). The van der Waals surface area contributed by atoms with Gasteiger partial charge in [0, 0.05) is 31.1 Å². The van der Waals surface area contributed by atoms with Crippen molar-refractivity contribution in [3.63, 3.8) is 0 Å². The highest BCUT2D eigenvalue weighted by Gasteiger charge is 2.26. The number of ether oxygens (including phenoxy) is 2. The van der Waals surface area contributed by atoms with Gasteiger partial charge in [-0.3, -0.25) is 9.59 Å². The fourth-order valence-electron chi connectivity index (χ4n) is 5.32. The van der Waals surface area contributed by atoms with Crippen molar-refractivity contribution in [2.45, 2.75) is 26.7 Å². The number of allylic oxidation sites excluding steroid dienone is 1. The normalized spacial score (nSPS) is 14.5. The summed E-state index contributed by atoms with van der Waals surface area (Å²) in [5.41, 5.74) is 12.6. The standard InChI is InChI=1S/C32H30FN5O4/c1-19-11-22-14-24(15-23(22)13-21(19)16-30(39)37-7-9-41-10-8-37)31(40)25-17-36-38(32(25)34)27-18-35-29(12-20(27)2)42-28-6-4-3-5-26(28)33/h3-6,11-14,17-18H,7-10,15-16,34H2,1-2H3. The number of rotatable bonds is 7. The number of aromatic nitrogens is 3. The first kappa shape index (κ1) is 27.3. The Hall–Kier alpha value is -4.83. The Morgan fingerprint density at radius 2 is 1.86 bits per heavy atom. The Bertz CT molecular complexity index is 1740. The lowest BCUT2D eigenvalue weighted by Crippen LogP contribution is -2.41. The van der Waals surface area contributed by atoms with Gasteiger partial charge >= 0.3 is 0 Å². The maximum atomic E-state index is 14.0. The van der Waals surface area contributed by atoms with E-state index in [2.05, 4.69) is 10.1 Å². The van der Waals surface area contributed by atoms with Crippen LogP contribution in [0.2, 0.25) is 0 Å². The number of nitrogen functional groups attached to an aromatic ring is 1. The van der Waals surface area contributed by atoms with Crippen molar-refractivity contribution < 1.29 is 23.5 Å². The van der Waals surface area contributed by atoms with Crippen LogP contribution in [0, 0.1) is 19.7 Å². The highest BCUT2D eigenvalue weighted by atomic mass is 19.1. The van der Waals surface area contributed by atoms with Gasteiger partial charge in [0.15, 0.2) is 17.3 Å². The lowest BCUT2D eigenvalue weighted by atomic mass is 9.97. The average Bonchev–Trinajstić information content (AvgIpc) is 3.57. The van der Waals surface area contributed by atoms with E-state index in [1.54, 1.807) is 18.2 Å². The van der Waals surface area contributed by atoms with Gasteiger partial charge in [0.25, 0.3) is 0 Å². The third kappa shape index (κ3) is 5.28. The van der Waals surface area contributed by atoms with Crippen LogP contribution < -0.4 is 10.5 Å². The summed E-state index contributed by atoms with van der Waals surface area (Å²) in [7, 11) is 0. The number of carbonyl (C=O) groups is 2. The van der Waals surface area contributed by atoms with Crippen molar-refractivity contribution >= 4 is 23.6 Å². The Labute approximate surface area is 242 Å². The van der Waals surface area contributed by atoms with Crippen molar-refractivity contribution in [3.05, 3.63) is 99.6 Å². The number of hydrogen-bond donors (Lipinski definition) is 1. The highest BCUT2D eigenvalue weighted by molar-refractivity contribution is 6.15. The van der Waals surface area contributed by atoms with Gasteiger partial charge in [0.05, 0.1) is 43.3 Å². The molecule has 1 aliphatic heterocycles. The molecule has 1 amide bonds. The third-order valence-corrected chi connectivity index (χ3v) is 7.69. The summed E-state index contributed by atoms with van der Waals surface area (Å²) in [5, 5.41) is 4.37. The summed E-state index contributed by atoms with van der Waals surface area (Å²) in [6, 6.07) is 11.8. The van der Waals surface area contributed by atoms with Crippen molar-refractivity contribution in [2.75, 3.05) is 32.0 Å². The molecule has 2 aromatic heterocycles. The number of halogens is 1. The number of Topliss-reactive ketones (excluding diaryl/α,β-unsaturated/α-hetero) is 1. The molecule has 214 valence electrons. The van der Waals surface area contributed by atoms with Gasteiger partial charge in [-0.05, 0) is 59.9 Å². The molecule has 0 unspecified atom stereocenters. The fourth-order valence-corrected chi connectivity index (χ4v) is 5.32. The monoisotopic (exact) mass is 567 g/mol. The van der Waals surface area contributed by atoms with E-state index in [0.29, 0.717) is 56.0 Å². The minimum absolute atomic E-state index is 0.0699.